The molecule has 1 amide bonds. The number of nitrogens with zero attached hydrogens (tertiary/aromatic N) is 1. The third kappa shape index (κ3) is 3.01. The maximum Gasteiger partial charge on any atom is 0.257 e. The van der Waals surface area contributed by atoms with E-state index < -0.39 is 5.60 Å². The van der Waals surface area contributed by atoms with E-state index in [0.717, 1.165) is 0 Å². The average molecular weight is 367 g/mol. The zero-order chi connectivity index (χ0) is 19.0. The molecule has 6 heteroatoms. The number of Topliss-reactive ketones (excluding diaryl/α,β-unsaturated/α-hetero) is 1. The molecule has 2 heterocycles. The third-order valence-corrected chi connectivity index (χ3v) is 5.24. The summed E-state index contributed by atoms with van der Waals surface area (Å²) in [5, 5.41) is 0. The quantitative estimate of drug-likeness (QED) is 0.835. The van der Waals surface area contributed by atoms with Crippen molar-refractivity contribution in [1.82, 2.24) is 4.90 Å². The highest BCUT2D eigenvalue weighted by atomic mass is 16.5. The predicted octanol–water partition coefficient (Wildman–Crippen LogP) is 2.95. The van der Waals surface area contributed by atoms with Crippen molar-refractivity contribution in [2.45, 2.75) is 18.4 Å². The molecular formula is C21H21NO5. The summed E-state index contributed by atoms with van der Waals surface area (Å²) in [7, 11) is 3.09. The van der Waals surface area contributed by atoms with E-state index in [1.807, 2.05) is 18.2 Å². The molecule has 2 aromatic carbocycles. The van der Waals surface area contributed by atoms with E-state index in [0.29, 0.717) is 47.9 Å². The Morgan fingerprint density at radius 3 is 2.74 bits per heavy atom. The Kier molecular flexibility index (Phi) is 4.26. The van der Waals surface area contributed by atoms with Gasteiger partial charge in [-0.3, -0.25) is 9.59 Å². The van der Waals surface area contributed by atoms with Crippen molar-refractivity contribution in [3.63, 3.8) is 0 Å². The molecule has 6 nitrogen and oxygen atoms in total. The monoisotopic (exact) mass is 367 g/mol. The minimum atomic E-state index is -0.652. The Morgan fingerprint density at radius 2 is 1.96 bits per heavy atom. The van der Waals surface area contributed by atoms with Crippen LogP contribution in [0.15, 0.2) is 42.5 Å². The maximum atomic E-state index is 13.0. The largest absolute Gasteiger partial charge is 0.497 e. The van der Waals surface area contributed by atoms with Gasteiger partial charge in [-0.2, -0.15) is 0 Å². The van der Waals surface area contributed by atoms with Crippen LogP contribution < -0.4 is 14.2 Å². The maximum absolute atomic E-state index is 13.0. The van der Waals surface area contributed by atoms with Gasteiger partial charge in [0.2, 0.25) is 0 Å². The van der Waals surface area contributed by atoms with E-state index in [2.05, 4.69) is 0 Å². The van der Waals surface area contributed by atoms with Crippen LogP contribution in [0, 0.1) is 0 Å². The Balaban J connectivity index is 1.57. The summed E-state index contributed by atoms with van der Waals surface area (Å²) in [5.74, 6) is 1.62. The summed E-state index contributed by atoms with van der Waals surface area (Å²) in [6.07, 6.45) is 0.908. The van der Waals surface area contributed by atoms with Crippen LogP contribution >= 0.6 is 0 Å². The number of likely N-dealkylation sites (tertiary alicyclic amines) is 1. The van der Waals surface area contributed by atoms with Gasteiger partial charge in [0.25, 0.3) is 5.91 Å². The molecule has 4 rings (SSSR count). The second-order valence-electron chi connectivity index (χ2n) is 6.92. The number of hydrogen-bond donors (Lipinski definition) is 0. The standard InChI is InChI=1S/C21H21NO5/c1-25-14-7-8-16(19(11-14)26-2)20(24)22-10-9-21(13-22)12-17(23)15-5-3-4-6-18(15)27-21/h3-8,11H,9-10,12-13H2,1-2H3. The lowest BCUT2D eigenvalue weighted by molar-refractivity contribution is 0.0427. The first-order valence-corrected chi connectivity index (χ1v) is 8.88. The molecule has 1 atom stereocenters. The van der Waals surface area contributed by atoms with Gasteiger partial charge in [0, 0.05) is 19.0 Å². The fourth-order valence-electron chi connectivity index (χ4n) is 3.83. The molecule has 2 aliphatic rings. The normalized spacial score (nSPS) is 21.0. The number of carbonyl (C=O) groups excluding carboxylic acids is 2. The van der Waals surface area contributed by atoms with Gasteiger partial charge in [0.1, 0.15) is 22.8 Å². The van der Waals surface area contributed by atoms with Gasteiger partial charge >= 0.3 is 0 Å². The van der Waals surface area contributed by atoms with Gasteiger partial charge in [-0.05, 0) is 24.3 Å². The van der Waals surface area contributed by atoms with E-state index in [4.69, 9.17) is 14.2 Å². The first-order valence-electron chi connectivity index (χ1n) is 8.88. The van der Waals surface area contributed by atoms with Crippen LogP contribution in [-0.4, -0.2) is 49.5 Å². The smallest absolute Gasteiger partial charge is 0.257 e. The van der Waals surface area contributed by atoms with Crippen molar-refractivity contribution in [3.8, 4) is 17.2 Å². The summed E-state index contributed by atoms with van der Waals surface area (Å²) in [6.45, 7) is 0.907. The Hall–Kier alpha value is -3.02. The van der Waals surface area contributed by atoms with Crippen molar-refractivity contribution in [2.75, 3.05) is 27.3 Å². The van der Waals surface area contributed by atoms with Crippen LogP contribution in [0.5, 0.6) is 17.2 Å². The van der Waals surface area contributed by atoms with Crippen LogP contribution in [-0.2, 0) is 0 Å². The molecule has 0 radical (unpaired) electrons. The number of rotatable bonds is 3. The second-order valence-corrected chi connectivity index (χ2v) is 6.92. The molecule has 1 saturated heterocycles. The molecule has 140 valence electrons. The molecule has 0 N–H and O–H groups in total. The number of fused-ring (bicyclic) bond motifs is 1. The first kappa shape index (κ1) is 17.4. The molecule has 0 saturated carbocycles. The highest BCUT2D eigenvalue weighted by Gasteiger charge is 2.47. The molecule has 0 aliphatic carbocycles. The van der Waals surface area contributed by atoms with E-state index in [1.165, 1.54) is 7.11 Å². The SMILES string of the molecule is COc1ccc(C(=O)N2CCC3(CC(=O)c4ccccc4O3)C2)c(OC)c1. The van der Waals surface area contributed by atoms with Gasteiger partial charge in [-0.25, -0.2) is 0 Å². The lowest BCUT2D eigenvalue weighted by Crippen LogP contribution is -2.45. The minimum Gasteiger partial charge on any atom is -0.497 e. The molecule has 2 aliphatic heterocycles. The fraction of sp³-hybridized carbons (Fsp3) is 0.333. The summed E-state index contributed by atoms with van der Waals surface area (Å²) >= 11 is 0. The van der Waals surface area contributed by atoms with E-state index in [-0.39, 0.29) is 18.1 Å². The Morgan fingerprint density at radius 1 is 1.15 bits per heavy atom. The van der Waals surface area contributed by atoms with Crippen molar-refractivity contribution < 1.29 is 23.8 Å². The lowest BCUT2D eigenvalue weighted by atomic mass is 9.89. The number of hydrogen-bond acceptors (Lipinski definition) is 5. The van der Waals surface area contributed by atoms with Gasteiger partial charge < -0.3 is 19.1 Å². The fourth-order valence-corrected chi connectivity index (χ4v) is 3.83. The van der Waals surface area contributed by atoms with E-state index in [1.54, 1.807) is 36.3 Å². The zero-order valence-corrected chi connectivity index (χ0v) is 15.4. The van der Waals surface area contributed by atoms with Crippen LogP contribution in [0.25, 0.3) is 0 Å². The summed E-state index contributed by atoms with van der Waals surface area (Å²) in [4.78, 5) is 27.3. The Bertz CT molecular complexity index is 909. The van der Waals surface area contributed by atoms with Crippen molar-refractivity contribution >= 4 is 11.7 Å². The molecule has 2 aromatic rings. The molecule has 27 heavy (non-hydrogen) atoms. The highest BCUT2D eigenvalue weighted by Crippen LogP contribution is 2.39. The topological polar surface area (TPSA) is 65.1 Å². The number of para-hydroxylation sites is 1. The molecule has 1 fully saturated rings. The number of carbonyl (C=O) groups is 2. The summed E-state index contributed by atoms with van der Waals surface area (Å²) in [5.41, 5.74) is 0.434. The van der Waals surface area contributed by atoms with Crippen LogP contribution in [0.1, 0.15) is 33.6 Å². The molecule has 0 aromatic heterocycles. The number of ether oxygens (including phenoxy) is 3. The van der Waals surface area contributed by atoms with Gasteiger partial charge in [0.15, 0.2) is 5.78 Å². The van der Waals surface area contributed by atoms with Crippen molar-refractivity contribution in [1.29, 1.82) is 0 Å². The van der Waals surface area contributed by atoms with E-state index in [9.17, 15) is 9.59 Å². The van der Waals surface area contributed by atoms with E-state index >= 15 is 0 Å². The number of methoxy groups -OCH3 is 2. The van der Waals surface area contributed by atoms with Crippen molar-refractivity contribution in [3.05, 3.63) is 53.6 Å². The summed E-state index contributed by atoms with van der Waals surface area (Å²) < 4.78 is 16.7. The third-order valence-electron chi connectivity index (χ3n) is 5.24. The van der Waals surface area contributed by atoms with Crippen LogP contribution in [0.2, 0.25) is 0 Å². The number of amides is 1. The zero-order valence-electron chi connectivity index (χ0n) is 15.4. The highest BCUT2D eigenvalue weighted by molar-refractivity contribution is 6.01. The van der Waals surface area contributed by atoms with Gasteiger partial charge in [-0.15, -0.1) is 0 Å². The lowest BCUT2D eigenvalue weighted by Gasteiger charge is -2.34. The average Bonchev–Trinajstić information content (AvgIpc) is 3.09. The van der Waals surface area contributed by atoms with Gasteiger partial charge in [0.05, 0.1) is 38.3 Å². The van der Waals surface area contributed by atoms with Crippen LogP contribution in [0.3, 0.4) is 0 Å². The van der Waals surface area contributed by atoms with Crippen LogP contribution in [0.4, 0.5) is 0 Å². The predicted molar refractivity (Wildman–Crippen MR) is 98.8 cm³/mol. The van der Waals surface area contributed by atoms with Crippen molar-refractivity contribution in [2.24, 2.45) is 0 Å². The number of benzene rings is 2. The second kappa shape index (κ2) is 6.61. The molecular weight excluding hydrogens is 346 g/mol. The van der Waals surface area contributed by atoms with Gasteiger partial charge in [-0.1, -0.05) is 12.1 Å². The molecule has 1 unspecified atom stereocenters. The first-order chi connectivity index (χ1) is 13.0. The summed E-state index contributed by atoms with van der Waals surface area (Å²) in [6, 6.07) is 12.4. The Labute approximate surface area is 157 Å². The molecule has 1 spiro atoms. The molecule has 0 bridgehead atoms. The number of ketones is 1. The minimum absolute atomic E-state index is 0.0631.